The van der Waals surface area contributed by atoms with Crippen LogP contribution in [0.1, 0.15) is 5.56 Å². The van der Waals surface area contributed by atoms with E-state index in [2.05, 4.69) is 4.98 Å². The molecule has 1 N–H and O–H groups in total. The molecule has 0 bridgehead atoms. The number of rotatable bonds is 3. The monoisotopic (exact) mass is 258 g/mol. The number of nitrogens with zero attached hydrogens (tertiary/aromatic N) is 2. The Morgan fingerprint density at radius 2 is 2.32 bits per heavy atom. The van der Waals surface area contributed by atoms with Gasteiger partial charge in [0.05, 0.1) is 36.0 Å². The highest BCUT2D eigenvalue weighted by Gasteiger charge is 2.38. The Hall–Kier alpha value is -2.14. The number of fused-ring (bicyclic) bond motifs is 1. The summed E-state index contributed by atoms with van der Waals surface area (Å²) < 4.78 is 7.23. The van der Waals surface area contributed by atoms with Gasteiger partial charge >= 0.3 is 5.97 Å². The topological polar surface area (TPSA) is 64.4 Å². The molecule has 2 heterocycles. The standard InChI is InChI=1S/C14H14N2O3/c1-16-9-15-11-6-10(2-3-12(11)16)14(7-19-8-14)5-4-13(17)18/h2-6,9H,7-8H2,1H3,(H,17,18)/b5-4+. The van der Waals surface area contributed by atoms with E-state index in [1.165, 1.54) is 6.08 Å². The van der Waals surface area contributed by atoms with Crippen LogP contribution in [0.4, 0.5) is 0 Å². The number of carboxylic acids is 1. The quantitative estimate of drug-likeness (QED) is 0.847. The minimum atomic E-state index is -0.940. The SMILES string of the molecule is Cn1cnc2cc(C3(/C=C/C(=O)O)COC3)ccc21. The molecule has 0 aliphatic carbocycles. The molecule has 0 saturated carbocycles. The summed E-state index contributed by atoms with van der Waals surface area (Å²) in [6.45, 7) is 1.02. The van der Waals surface area contributed by atoms with Crippen LogP contribution in [0.5, 0.6) is 0 Å². The van der Waals surface area contributed by atoms with E-state index in [1.54, 1.807) is 12.4 Å². The molecule has 1 aliphatic heterocycles. The molecule has 1 aromatic carbocycles. The first-order valence-corrected chi connectivity index (χ1v) is 6.02. The highest BCUT2D eigenvalue weighted by molar-refractivity contribution is 5.80. The fourth-order valence-electron chi connectivity index (χ4n) is 2.36. The maximum atomic E-state index is 10.7. The van der Waals surface area contributed by atoms with Gasteiger partial charge in [-0.2, -0.15) is 0 Å². The summed E-state index contributed by atoms with van der Waals surface area (Å²) >= 11 is 0. The molecule has 0 atom stereocenters. The lowest BCUT2D eigenvalue weighted by Gasteiger charge is -2.39. The average molecular weight is 258 g/mol. The number of aryl methyl sites for hydroxylation is 1. The second-order valence-corrected chi connectivity index (χ2v) is 4.88. The number of carboxylic acid groups (broad SMARTS) is 1. The van der Waals surface area contributed by atoms with Gasteiger partial charge in [0.1, 0.15) is 0 Å². The van der Waals surface area contributed by atoms with Gasteiger partial charge in [0.15, 0.2) is 0 Å². The molecule has 1 aliphatic rings. The van der Waals surface area contributed by atoms with Crippen molar-refractivity contribution in [2.45, 2.75) is 5.41 Å². The van der Waals surface area contributed by atoms with Crippen LogP contribution >= 0.6 is 0 Å². The van der Waals surface area contributed by atoms with E-state index in [4.69, 9.17) is 9.84 Å². The van der Waals surface area contributed by atoms with Crippen LogP contribution in [-0.4, -0.2) is 33.8 Å². The summed E-state index contributed by atoms with van der Waals surface area (Å²) in [6.07, 6.45) is 4.67. The summed E-state index contributed by atoms with van der Waals surface area (Å²) in [7, 11) is 1.95. The number of imidazole rings is 1. The first kappa shape index (κ1) is 11.9. The predicted octanol–water partition coefficient (Wildman–Crippen LogP) is 1.48. The molecule has 0 unspecified atom stereocenters. The second kappa shape index (κ2) is 4.20. The van der Waals surface area contributed by atoms with Gasteiger partial charge < -0.3 is 14.4 Å². The van der Waals surface area contributed by atoms with Crippen LogP contribution in [0, 0.1) is 0 Å². The number of aliphatic carboxylic acids is 1. The predicted molar refractivity (Wildman–Crippen MR) is 70.0 cm³/mol. The number of hydrogen-bond donors (Lipinski definition) is 1. The summed E-state index contributed by atoms with van der Waals surface area (Å²) in [5, 5.41) is 8.78. The molecule has 19 heavy (non-hydrogen) atoms. The number of ether oxygens (including phenoxy) is 1. The first-order chi connectivity index (χ1) is 9.11. The molecular weight excluding hydrogens is 244 g/mol. The van der Waals surface area contributed by atoms with Crippen LogP contribution in [-0.2, 0) is 22.0 Å². The number of carbonyl (C=O) groups is 1. The van der Waals surface area contributed by atoms with Crippen molar-refractivity contribution in [3.8, 4) is 0 Å². The minimum absolute atomic E-state index is 0.329. The lowest BCUT2D eigenvalue weighted by atomic mass is 9.78. The van der Waals surface area contributed by atoms with Crippen molar-refractivity contribution in [2.24, 2.45) is 7.05 Å². The molecule has 1 saturated heterocycles. The largest absolute Gasteiger partial charge is 0.478 e. The Labute approximate surface area is 110 Å². The average Bonchev–Trinajstić information content (AvgIpc) is 2.69. The summed E-state index contributed by atoms with van der Waals surface area (Å²) in [6, 6.07) is 6.02. The van der Waals surface area contributed by atoms with Crippen molar-refractivity contribution in [2.75, 3.05) is 13.2 Å². The summed E-state index contributed by atoms with van der Waals surface area (Å²) in [5.41, 5.74) is 2.68. The van der Waals surface area contributed by atoms with Gasteiger partial charge in [-0.1, -0.05) is 12.1 Å². The second-order valence-electron chi connectivity index (χ2n) is 4.88. The van der Waals surface area contributed by atoms with Gasteiger partial charge in [0, 0.05) is 13.1 Å². The van der Waals surface area contributed by atoms with Crippen LogP contribution in [0.3, 0.4) is 0 Å². The zero-order valence-electron chi connectivity index (χ0n) is 10.5. The Balaban J connectivity index is 2.04. The molecule has 5 nitrogen and oxygen atoms in total. The first-order valence-electron chi connectivity index (χ1n) is 6.02. The fourth-order valence-corrected chi connectivity index (χ4v) is 2.36. The Bertz CT molecular complexity index is 668. The van der Waals surface area contributed by atoms with Crippen LogP contribution in [0.15, 0.2) is 36.7 Å². The lowest BCUT2D eigenvalue weighted by Crippen LogP contribution is -2.45. The third-order valence-electron chi connectivity index (χ3n) is 3.56. The molecule has 0 amide bonds. The van der Waals surface area contributed by atoms with Gasteiger partial charge in [0.2, 0.25) is 0 Å². The van der Waals surface area contributed by atoms with Crippen molar-refractivity contribution < 1.29 is 14.6 Å². The van der Waals surface area contributed by atoms with Crippen molar-refractivity contribution >= 4 is 17.0 Å². The van der Waals surface area contributed by atoms with Crippen LogP contribution in [0.25, 0.3) is 11.0 Å². The highest BCUT2D eigenvalue weighted by atomic mass is 16.5. The van der Waals surface area contributed by atoms with Gasteiger partial charge in [-0.3, -0.25) is 0 Å². The van der Waals surface area contributed by atoms with E-state index in [0.29, 0.717) is 13.2 Å². The van der Waals surface area contributed by atoms with Crippen molar-refractivity contribution in [1.82, 2.24) is 9.55 Å². The van der Waals surface area contributed by atoms with Crippen molar-refractivity contribution in [1.29, 1.82) is 0 Å². The summed E-state index contributed by atoms with van der Waals surface area (Å²) in [4.78, 5) is 15.0. The maximum absolute atomic E-state index is 10.7. The van der Waals surface area contributed by atoms with E-state index in [-0.39, 0.29) is 5.41 Å². The Morgan fingerprint density at radius 3 is 2.95 bits per heavy atom. The zero-order valence-corrected chi connectivity index (χ0v) is 10.5. The van der Waals surface area contributed by atoms with Gasteiger partial charge in [-0.05, 0) is 17.7 Å². The molecule has 5 heteroatoms. The molecule has 2 aromatic rings. The maximum Gasteiger partial charge on any atom is 0.328 e. The lowest BCUT2D eigenvalue weighted by molar-refractivity contribution is -0.131. The zero-order chi connectivity index (χ0) is 13.5. The number of hydrogen-bond acceptors (Lipinski definition) is 3. The number of aromatic nitrogens is 2. The molecule has 98 valence electrons. The van der Waals surface area contributed by atoms with E-state index in [1.807, 2.05) is 29.8 Å². The van der Waals surface area contributed by atoms with Crippen molar-refractivity contribution in [3.63, 3.8) is 0 Å². The summed E-state index contributed by atoms with van der Waals surface area (Å²) in [5.74, 6) is -0.940. The number of benzene rings is 1. The van der Waals surface area contributed by atoms with E-state index < -0.39 is 5.97 Å². The molecular formula is C14H14N2O3. The fraction of sp³-hybridized carbons (Fsp3) is 0.286. The minimum Gasteiger partial charge on any atom is -0.478 e. The van der Waals surface area contributed by atoms with Crippen molar-refractivity contribution in [3.05, 3.63) is 42.2 Å². The van der Waals surface area contributed by atoms with E-state index in [9.17, 15) is 4.79 Å². The molecule has 0 radical (unpaired) electrons. The van der Waals surface area contributed by atoms with Crippen LogP contribution in [0.2, 0.25) is 0 Å². The molecule has 1 fully saturated rings. The Kier molecular flexibility index (Phi) is 2.64. The van der Waals surface area contributed by atoms with Gasteiger partial charge in [-0.25, -0.2) is 9.78 Å². The highest BCUT2D eigenvalue weighted by Crippen LogP contribution is 2.35. The third kappa shape index (κ3) is 1.92. The molecule has 1 aromatic heterocycles. The van der Waals surface area contributed by atoms with E-state index in [0.717, 1.165) is 16.6 Å². The van der Waals surface area contributed by atoms with Gasteiger partial charge in [0.25, 0.3) is 0 Å². The normalized spacial score (nSPS) is 17.7. The van der Waals surface area contributed by atoms with E-state index >= 15 is 0 Å². The van der Waals surface area contributed by atoms with Gasteiger partial charge in [-0.15, -0.1) is 0 Å². The molecule has 0 spiro atoms. The molecule has 3 rings (SSSR count). The smallest absolute Gasteiger partial charge is 0.328 e. The van der Waals surface area contributed by atoms with Crippen LogP contribution < -0.4 is 0 Å². The third-order valence-corrected chi connectivity index (χ3v) is 3.56. The Morgan fingerprint density at radius 1 is 1.53 bits per heavy atom.